The van der Waals surface area contributed by atoms with Crippen molar-refractivity contribution in [1.82, 2.24) is 19.9 Å². The molecule has 5 rings (SSSR count). The van der Waals surface area contributed by atoms with E-state index in [0.29, 0.717) is 43.2 Å². The van der Waals surface area contributed by atoms with Crippen LogP contribution in [0.1, 0.15) is 28.8 Å². The molecule has 0 aliphatic carbocycles. The number of nitrogens with zero attached hydrogens (tertiary/aromatic N) is 4. The molecule has 1 aliphatic heterocycles. The molecular formula is C26H27N5O2S. The number of anilines is 1. The summed E-state index contributed by atoms with van der Waals surface area (Å²) < 4.78 is 1.70. The van der Waals surface area contributed by atoms with Gasteiger partial charge in [0.15, 0.2) is 11.5 Å². The van der Waals surface area contributed by atoms with Gasteiger partial charge < -0.3 is 10.2 Å². The average molecular weight is 474 g/mol. The maximum atomic E-state index is 13.6. The van der Waals surface area contributed by atoms with E-state index in [9.17, 15) is 9.59 Å². The monoisotopic (exact) mass is 473 g/mol. The van der Waals surface area contributed by atoms with Crippen LogP contribution in [-0.2, 0) is 17.9 Å². The van der Waals surface area contributed by atoms with Crippen LogP contribution in [0.15, 0.2) is 64.9 Å². The molecule has 0 bridgehead atoms. The van der Waals surface area contributed by atoms with E-state index in [1.165, 1.54) is 5.56 Å². The zero-order valence-corrected chi connectivity index (χ0v) is 19.9. The van der Waals surface area contributed by atoms with Crippen molar-refractivity contribution in [3.63, 3.8) is 0 Å². The molecule has 0 saturated carbocycles. The highest BCUT2D eigenvalue weighted by atomic mass is 32.1. The van der Waals surface area contributed by atoms with Crippen LogP contribution in [0.3, 0.4) is 0 Å². The van der Waals surface area contributed by atoms with E-state index >= 15 is 0 Å². The van der Waals surface area contributed by atoms with Crippen LogP contribution in [-0.4, -0.2) is 33.5 Å². The summed E-state index contributed by atoms with van der Waals surface area (Å²) in [4.78, 5) is 38.7. The number of carbonyl (C=O) groups is 1. The predicted octanol–water partition coefficient (Wildman–Crippen LogP) is 3.74. The van der Waals surface area contributed by atoms with Crippen molar-refractivity contribution in [3.05, 3.63) is 86.5 Å². The molecule has 0 unspecified atom stereocenters. The third-order valence-corrected chi connectivity index (χ3v) is 7.13. The zero-order chi connectivity index (χ0) is 23.5. The summed E-state index contributed by atoms with van der Waals surface area (Å²) >= 11 is 1.63. The first-order chi connectivity index (χ1) is 16.6. The Morgan fingerprint density at radius 2 is 2.03 bits per heavy atom. The van der Waals surface area contributed by atoms with Crippen LogP contribution >= 0.6 is 11.3 Å². The maximum absolute atomic E-state index is 13.6. The first-order valence-electron chi connectivity index (χ1n) is 11.5. The van der Waals surface area contributed by atoms with Gasteiger partial charge in [0.05, 0.1) is 19.0 Å². The fraction of sp³-hybridized carbons (Fsp3) is 0.308. The molecule has 4 heterocycles. The highest BCUT2D eigenvalue weighted by Gasteiger charge is 2.28. The number of carbonyl (C=O) groups excluding carboxylic acids is 1. The standard InChI is InChI=1S/C26H27N5O2S/c1-18-8-10-19(11-9-18)16-31-23-22(7-2-12-27-23)29-24(26(31)33)30-13-3-5-20(17-30)25(32)28-15-21-6-4-14-34-21/h2,4,6-12,14,20H,3,5,13,15-17H2,1H3,(H,28,32)/t20-/m0/s1. The lowest BCUT2D eigenvalue weighted by Crippen LogP contribution is -2.45. The zero-order valence-electron chi connectivity index (χ0n) is 19.1. The van der Waals surface area contributed by atoms with Crippen molar-refractivity contribution in [1.29, 1.82) is 0 Å². The molecule has 4 aromatic rings. The van der Waals surface area contributed by atoms with E-state index in [2.05, 4.69) is 10.3 Å². The van der Waals surface area contributed by atoms with Gasteiger partial charge in [-0.2, -0.15) is 0 Å². The van der Waals surface area contributed by atoms with Crippen molar-refractivity contribution >= 4 is 34.2 Å². The van der Waals surface area contributed by atoms with Gasteiger partial charge in [0.1, 0.15) is 5.52 Å². The molecule has 3 aromatic heterocycles. The molecule has 0 radical (unpaired) electrons. The van der Waals surface area contributed by atoms with Gasteiger partial charge in [-0.05, 0) is 48.9 Å². The van der Waals surface area contributed by atoms with E-state index in [1.54, 1.807) is 22.1 Å². The van der Waals surface area contributed by atoms with Crippen LogP contribution in [0.2, 0.25) is 0 Å². The molecule has 1 aromatic carbocycles. The Morgan fingerprint density at radius 3 is 2.82 bits per heavy atom. The minimum Gasteiger partial charge on any atom is -0.351 e. The fourth-order valence-corrected chi connectivity index (χ4v) is 5.05. The normalized spacial score (nSPS) is 16.0. The van der Waals surface area contributed by atoms with Crippen molar-refractivity contribution in [2.24, 2.45) is 5.92 Å². The van der Waals surface area contributed by atoms with Crippen LogP contribution in [0.25, 0.3) is 11.2 Å². The molecule has 1 amide bonds. The second-order valence-corrected chi connectivity index (χ2v) is 9.77. The topological polar surface area (TPSA) is 80.1 Å². The summed E-state index contributed by atoms with van der Waals surface area (Å²) in [5.74, 6) is 0.244. The number of nitrogens with one attached hydrogen (secondary N) is 1. The molecule has 34 heavy (non-hydrogen) atoms. The van der Waals surface area contributed by atoms with Crippen molar-refractivity contribution in [2.75, 3.05) is 18.0 Å². The second-order valence-electron chi connectivity index (χ2n) is 8.74. The third kappa shape index (κ3) is 4.72. The molecule has 1 N–H and O–H groups in total. The van der Waals surface area contributed by atoms with Gasteiger partial charge in [-0.15, -0.1) is 11.3 Å². The Bertz CT molecular complexity index is 1350. The lowest BCUT2D eigenvalue weighted by molar-refractivity contribution is -0.125. The summed E-state index contributed by atoms with van der Waals surface area (Å²) in [6.45, 7) is 4.18. The Labute approximate surface area is 202 Å². The smallest absolute Gasteiger partial charge is 0.295 e. The summed E-state index contributed by atoms with van der Waals surface area (Å²) in [6, 6.07) is 15.9. The molecule has 7 nitrogen and oxygen atoms in total. The number of aryl methyl sites for hydroxylation is 1. The summed E-state index contributed by atoms with van der Waals surface area (Å²) in [5, 5.41) is 5.06. The van der Waals surface area contributed by atoms with E-state index in [0.717, 1.165) is 23.3 Å². The number of pyridine rings is 1. The van der Waals surface area contributed by atoms with Gasteiger partial charge >= 0.3 is 0 Å². The number of fused-ring (bicyclic) bond motifs is 1. The number of hydrogen-bond acceptors (Lipinski definition) is 6. The van der Waals surface area contributed by atoms with Gasteiger partial charge in [-0.25, -0.2) is 9.97 Å². The van der Waals surface area contributed by atoms with Crippen LogP contribution in [0.5, 0.6) is 0 Å². The molecule has 8 heteroatoms. The Morgan fingerprint density at radius 1 is 1.18 bits per heavy atom. The molecule has 1 atom stereocenters. The van der Waals surface area contributed by atoms with E-state index in [-0.39, 0.29) is 17.4 Å². The molecule has 1 saturated heterocycles. The summed E-state index contributed by atoms with van der Waals surface area (Å²) in [5.41, 5.74) is 3.27. The molecule has 1 aliphatic rings. The van der Waals surface area contributed by atoms with Crippen molar-refractivity contribution in [2.45, 2.75) is 32.9 Å². The molecule has 1 fully saturated rings. The predicted molar refractivity (Wildman–Crippen MR) is 135 cm³/mol. The number of piperidine rings is 1. The fourth-order valence-electron chi connectivity index (χ4n) is 4.41. The largest absolute Gasteiger partial charge is 0.351 e. The number of rotatable bonds is 6. The third-order valence-electron chi connectivity index (χ3n) is 6.25. The molecule has 174 valence electrons. The highest BCUT2D eigenvalue weighted by molar-refractivity contribution is 7.09. The second kappa shape index (κ2) is 9.77. The average Bonchev–Trinajstić information content (AvgIpc) is 3.39. The first-order valence-corrected chi connectivity index (χ1v) is 12.4. The summed E-state index contributed by atoms with van der Waals surface area (Å²) in [6.07, 6.45) is 3.32. The highest BCUT2D eigenvalue weighted by Crippen LogP contribution is 2.22. The van der Waals surface area contributed by atoms with Crippen LogP contribution in [0, 0.1) is 12.8 Å². The number of hydrogen-bond donors (Lipinski definition) is 1. The number of benzene rings is 1. The Hall–Kier alpha value is -3.52. The van der Waals surface area contributed by atoms with Crippen LogP contribution in [0.4, 0.5) is 5.82 Å². The Kier molecular flexibility index (Phi) is 6.40. The quantitative estimate of drug-likeness (QED) is 0.461. The Balaban J connectivity index is 1.42. The number of amides is 1. The van der Waals surface area contributed by atoms with Gasteiger partial charge in [0.25, 0.3) is 5.56 Å². The molecule has 0 spiro atoms. The van der Waals surface area contributed by atoms with Gasteiger partial charge in [0, 0.05) is 24.2 Å². The number of aromatic nitrogens is 3. The van der Waals surface area contributed by atoms with Crippen LogP contribution < -0.4 is 15.8 Å². The van der Waals surface area contributed by atoms with Gasteiger partial charge in [-0.3, -0.25) is 14.2 Å². The maximum Gasteiger partial charge on any atom is 0.295 e. The lowest BCUT2D eigenvalue weighted by Gasteiger charge is -2.32. The van der Waals surface area contributed by atoms with E-state index in [1.807, 2.05) is 65.7 Å². The van der Waals surface area contributed by atoms with Gasteiger partial charge in [-0.1, -0.05) is 35.9 Å². The lowest BCUT2D eigenvalue weighted by atomic mass is 9.97. The first kappa shape index (κ1) is 22.3. The molecular weight excluding hydrogens is 446 g/mol. The SMILES string of the molecule is Cc1ccc(Cn2c(=O)c(N3CCC[C@H](C(=O)NCc4cccs4)C3)nc3cccnc32)cc1. The van der Waals surface area contributed by atoms with Crippen molar-refractivity contribution < 1.29 is 4.79 Å². The minimum atomic E-state index is -0.176. The van der Waals surface area contributed by atoms with Crippen molar-refractivity contribution in [3.8, 4) is 0 Å². The van der Waals surface area contributed by atoms with Gasteiger partial charge in [0.2, 0.25) is 5.91 Å². The van der Waals surface area contributed by atoms with E-state index < -0.39 is 0 Å². The van der Waals surface area contributed by atoms with E-state index in [4.69, 9.17) is 4.98 Å². The minimum absolute atomic E-state index is 0.0283. The number of thiophene rings is 1. The summed E-state index contributed by atoms with van der Waals surface area (Å²) in [7, 11) is 0.